The van der Waals surface area contributed by atoms with E-state index < -0.39 is 0 Å². The predicted molar refractivity (Wildman–Crippen MR) is 53.5 cm³/mol. The highest BCUT2D eigenvalue weighted by atomic mass is 16.5. The highest BCUT2D eigenvalue weighted by molar-refractivity contribution is 5.49. The average Bonchev–Trinajstić information content (AvgIpc) is 2.76. The Morgan fingerprint density at radius 1 is 1.40 bits per heavy atom. The number of allylic oxidation sites excluding steroid dienone is 1. The van der Waals surface area contributed by atoms with Crippen molar-refractivity contribution in [1.29, 1.82) is 5.26 Å². The lowest BCUT2D eigenvalue weighted by atomic mass is 9.96. The molecule has 15 heavy (non-hydrogen) atoms. The van der Waals surface area contributed by atoms with Crippen molar-refractivity contribution in [2.45, 2.75) is 18.4 Å². The van der Waals surface area contributed by atoms with Gasteiger partial charge in [-0.3, -0.25) is 0 Å². The summed E-state index contributed by atoms with van der Waals surface area (Å²) >= 11 is 0. The molecule has 0 spiro atoms. The summed E-state index contributed by atoms with van der Waals surface area (Å²) in [6, 6.07) is 9.77. The molecule has 2 aliphatic rings. The van der Waals surface area contributed by atoms with Gasteiger partial charge in [0.05, 0.1) is 11.6 Å². The maximum absolute atomic E-state index is 9.76. The van der Waals surface area contributed by atoms with E-state index >= 15 is 0 Å². The number of nitriles is 1. The molecule has 0 radical (unpaired) electrons. The number of hydrogen-bond donors (Lipinski definition) is 1. The number of aliphatic hydroxyl groups is 1. The molecule has 0 unspecified atom stereocenters. The van der Waals surface area contributed by atoms with Crippen LogP contribution >= 0.6 is 0 Å². The molecule has 1 N–H and O–H groups in total. The number of ether oxygens (including phenoxy) is 1. The molecule has 1 heterocycles. The Bertz CT molecular complexity index is 499. The molecule has 0 bridgehead atoms. The number of fused-ring (bicyclic) bond motifs is 3. The number of benzene rings is 1. The summed E-state index contributed by atoms with van der Waals surface area (Å²) in [4.78, 5) is 0. The molecule has 3 rings (SSSR count). The fourth-order valence-corrected chi connectivity index (χ4v) is 2.34. The van der Waals surface area contributed by atoms with Gasteiger partial charge < -0.3 is 9.84 Å². The van der Waals surface area contributed by atoms with Crippen LogP contribution in [-0.4, -0.2) is 11.2 Å². The molecule has 1 aromatic rings. The van der Waals surface area contributed by atoms with Crippen molar-refractivity contribution in [3.8, 4) is 11.8 Å². The maximum atomic E-state index is 9.76. The molecule has 3 nitrogen and oxygen atoms in total. The second kappa shape index (κ2) is 2.77. The fourth-order valence-electron chi connectivity index (χ4n) is 2.34. The van der Waals surface area contributed by atoms with Crippen molar-refractivity contribution in [3.05, 3.63) is 41.2 Å². The van der Waals surface area contributed by atoms with Crippen LogP contribution in [0.2, 0.25) is 0 Å². The molecule has 0 aromatic heterocycles. The quantitative estimate of drug-likeness (QED) is 0.697. The van der Waals surface area contributed by atoms with Gasteiger partial charge in [0.15, 0.2) is 6.10 Å². The minimum Gasteiger partial charge on any atom is -0.507 e. The molecule has 1 aromatic carbocycles. The molecule has 1 aliphatic carbocycles. The van der Waals surface area contributed by atoms with Crippen LogP contribution in [0.4, 0.5) is 0 Å². The molecule has 0 saturated heterocycles. The lowest BCUT2D eigenvalue weighted by Crippen LogP contribution is -2.16. The highest BCUT2D eigenvalue weighted by Crippen LogP contribution is 2.48. The van der Waals surface area contributed by atoms with Gasteiger partial charge in [-0.05, 0) is 12.5 Å². The van der Waals surface area contributed by atoms with E-state index in [1.807, 2.05) is 30.3 Å². The van der Waals surface area contributed by atoms with E-state index in [1.54, 1.807) is 0 Å². The summed E-state index contributed by atoms with van der Waals surface area (Å²) in [5, 5.41) is 18.6. The standard InChI is InChI=1S/C12H9NO2/c13-6-7-5-9-8-3-1-2-4-10(8)15-12(9)11(7)14/h1-4,9,12,14H,5H2/t9-,12+/m1/s1. The Balaban J connectivity index is 2.05. The van der Waals surface area contributed by atoms with Crippen molar-refractivity contribution in [2.75, 3.05) is 0 Å². The van der Waals surface area contributed by atoms with Gasteiger partial charge in [0.25, 0.3) is 0 Å². The molecule has 74 valence electrons. The summed E-state index contributed by atoms with van der Waals surface area (Å²) in [7, 11) is 0. The van der Waals surface area contributed by atoms with Crippen LogP contribution in [-0.2, 0) is 0 Å². The van der Waals surface area contributed by atoms with Crippen molar-refractivity contribution in [3.63, 3.8) is 0 Å². The minimum atomic E-state index is -0.336. The smallest absolute Gasteiger partial charge is 0.163 e. The number of para-hydroxylation sites is 1. The molecule has 2 atom stereocenters. The molecule has 0 fully saturated rings. The zero-order valence-electron chi connectivity index (χ0n) is 7.97. The highest BCUT2D eigenvalue weighted by Gasteiger charge is 2.43. The van der Waals surface area contributed by atoms with Crippen LogP contribution in [0.15, 0.2) is 35.6 Å². The van der Waals surface area contributed by atoms with E-state index in [-0.39, 0.29) is 17.8 Å². The van der Waals surface area contributed by atoms with E-state index in [0.29, 0.717) is 12.0 Å². The van der Waals surface area contributed by atoms with E-state index in [1.165, 1.54) is 0 Å². The molecule has 3 heteroatoms. The van der Waals surface area contributed by atoms with Gasteiger partial charge in [-0.25, -0.2) is 0 Å². The third kappa shape index (κ3) is 0.991. The molecule has 0 amide bonds. The Labute approximate surface area is 87.2 Å². The summed E-state index contributed by atoms with van der Waals surface area (Å²) in [6.07, 6.45) is 0.251. The van der Waals surface area contributed by atoms with Crippen LogP contribution in [0.1, 0.15) is 17.9 Å². The van der Waals surface area contributed by atoms with Gasteiger partial charge in [-0.15, -0.1) is 0 Å². The van der Waals surface area contributed by atoms with Gasteiger partial charge in [-0.1, -0.05) is 18.2 Å². The van der Waals surface area contributed by atoms with Crippen LogP contribution in [0, 0.1) is 11.3 Å². The van der Waals surface area contributed by atoms with Gasteiger partial charge >= 0.3 is 0 Å². The van der Waals surface area contributed by atoms with Crippen LogP contribution < -0.4 is 4.74 Å². The normalized spacial score (nSPS) is 26.9. The van der Waals surface area contributed by atoms with Crippen molar-refractivity contribution < 1.29 is 9.84 Å². The second-order valence-electron chi connectivity index (χ2n) is 3.86. The van der Waals surface area contributed by atoms with Gasteiger partial charge in [0.2, 0.25) is 0 Å². The number of hydrogen-bond acceptors (Lipinski definition) is 3. The van der Waals surface area contributed by atoms with E-state index in [2.05, 4.69) is 0 Å². The minimum absolute atomic E-state index is 0.110. The Morgan fingerprint density at radius 2 is 2.20 bits per heavy atom. The van der Waals surface area contributed by atoms with Crippen LogP contribution in [0.5, 0.6) is 5.75 Å². The summed E-state index contributed by atoms with van der Waals surface area (Å²) in [5.74, 6) is 1.06. The van der Waals surface area contributed by atoms with Crippen LogP contribution in [0.25, 0.3) is 0 Å². The first-order valence-corrected chi connectivity index (χ1v) is 4.89. The third-order valence-electron chi connectivity index (χ3n) is 3.08. The van der Waals surface area contributed by atoms with Crippen molar-refractivity contribution in [1.82, 2.24) is 0 Å². The molecular weight excluding hydrogens is 190 g/mol. The first-order valence-electron chi connectivity index (χ1n) is 4.89. The fraction of sp³-hybridized carbons (Fsp3) is 0.250. The first kappa shape index (κ1) is 8.37. The Hall–Kier alpha value is -1.95. The number of aliphatic hydroxyl groups excluding tert-OH is 1. The monoisotopic (exact) mass is 199 g/mol. The van der Waals surface area contributed by atoms with E-state index in [4.69, 9.17) is 10.00 Å². The van der Waals surface area contributed by atoms with E-state index in [9.17, 15) is 5.11 Å². The zero-order valence-corrected chi connectivity index (χ0v) is 7.97. The first-order chi connectivity index (χ1) is 7.31. The lowest BCUT2D eigenvalue weighted by molar-refractivity contribution is 0.192. The van der Waals surface area contributed by atoms with Crippen molar-refractivity contribution in [2.24, 2.45) is 0 Å². The van der Waals surface area contributed by atoms with Gasteiger partial charge in [-0.2, -0.15) is 5.26 Å². The van der Waals surface area contributed by atoms with E-state index in [0.717, 1.165) is 11.3 Å². The number of rotatable bonds is 0. The summed E-state index contributed by atoms with van der Waals surface area (Å²) < 4.78 is 5.62. The zero-order chi connectivity index (χ0) is 10.4. The third-order valence-corrected chi connectivity index (χ3v) is 3.08. The average molecular weight is 199 g/mol. The maximum Gasteiger partial charge on any atom is 0.163 e. The largest absolute Gasteiger partial charge is 0.507 e. The van der Waals surface area contributed by atoms with Gasteiger partial charge in [0, 0.05) is 11.5 Å². The summed E-state index contributed by atoms with van der Waals surface area (Å²) in [5.41, 5.74) is 1.55. The second-order valence-corrected chi connectivity index (χ2v) is 3.86. The van der Waals surface area contributed by atoms with Gasteiger partial charge in [0.1, 0.15) is 11.5 Å². The Morgan fingerprint density at radius 3 is 3.00 bits per heavy atom. The lowest BCUT2D eigenvalue weighted by Gasteiger charge is -2.08. The molecular formula is C12H9NO2. The topological polar surface area (TPSA) is 53.2 Å². The summed E-state index contributed by atoms with van der Waals surface area (Å²) in [6.45, 7) is 0. The molecule has 1 aliphatic heterocycles. The number of nitrogens with zero attached hydrogens (tertiary/aromatic N) is 1. The van der Waals surface area contributed by atoms with Crippen molar-refractivity contribution >= 4 is 0 Å². The molecule has 0 saturated carbocycles. The predicted octanol–water partition coefficient (Wildman–Crippen LogP) is 2.27. The SMILES string of the molecule is N#CC1=C(O)[C@H]2Oc3ccccc3[C@H]2C1. The Kier molecular flexibility index (Phi) is 1.54. The van der Waals surface area contributed by atoms with Crippen LogP contribution in [0.3, 0.4) is 0 Å².